The summed E-state index contributed by atoms with van der Waals surface area (Å²) in [5.74, 6) is -0.189. The van der Waals surface area contributed by atoms with Crippen molar-refractivity contribution in [3.63, 3.8) is 0 Å². The van der Waals surface area contributed by atoms with Crippen molar-refractivity contribution >= 4 is 15.9 Å². The molecule has 1 heterocycles. The molecule has 0 N–H and O–H groups in total. The summed E-state index contributed by atoms with van der Waals surface area (Å²) >= 11 is 3.35. The third kappa shape index (κ3) is 2.98. The normalized spacial score (nSPS) is 11.7. The fraction of sp³-hybridized carbons (Fsp3) is 0.308. The number of halogens is 4. The average molecular weight is 349 g/mol. The van der Waals surface area contributed by atoms with Gasteiger partial charge in [0.25, 0.3) is 0 Å². The van der Waals surface area contributed by atoms with Gasteiger partial charge in [-0.25, -0.2) is 0 Å². The highest BCUT2D eigenvalue weighted by Crippen LogP contribution is 2.36. The molecule has 0 atom stereocenters. The number of alkyl halides is 3. The van der Waals surface area contributed by atoms with E-state index in [1.165, 1.54) is 18.2 Å². The number of ether oxygens (including phenoxy) is 1. The Morgan fingerprint density at radius 3 is 2.50 bits per heavy atom. The van der Waals surface area contributed by atoms with Gasteiger partial charge < -0.3 is 4.74 Å². The summed E-state index contributed by atoms with van der Waals surface area (Å²) in [6.07, 6.45) is -4.43. The summed E-state index contributed by atoms with van der Waals surface area (Å²) in [7, 11) is 1.71. The van der Waals surface area contributed by atoms with Gasteiger partial charge in [-0.3, -0.25) is 4.68 Å². The van der Waals surface area contributed by atoms with Crippen LogP contribution in [0.5, 0.6) is 5.75 Å². The van der Waals surface area contributed by atoms with Crippen molar-refractivity contribution in [1.29, 1.82) is 0 Å². The predicted octanol–water partition coefficient (Wildman–Crippen LogP) is 4.09. The van der Waals surface area contributed by atoms with E-state index >= 15 is 0 Å². The molecule has 0 bridgehead atoms. The van der Waals surface area contributed by atoms with Gasteiger partial charge in [-0.1, -0.05) is 12.1 Å². The highest BCUT2D eigenvalue weighted by molar-refractivity contribution is 9.10. The minimum absolute atomic E-state index is 0.00498. The summed E-state index contributed by atoms with van der Waals surface area (Å²) in [6.45, 7) is 1.81. The maximum atomic E-state index is 12.8. The van der Waals surface area contributed by atoms with Crippen LogP contribution < -0.4 is 4.74 Å². The second-order valence-corrected chi connectivity index (χ2v) is 5.05. The Balaban J connectivity index is 2.24. The lowest BCUT2D eigenvalue weighted by Crippen LogP contribution is -2.10. The van der Waals surface area contributed by atoms with E-state index in [9.17, 15) is 13.2 Å². The largest absolute Gasteiger partial charge is 0.487 e. The first-order valence-electron chi connectivity index (χ1n) is 5.77. The van der Waals surface area contributed by atoms with E-state index in [2.05, 4.69) is 21.0 Å². The third-order valence-corrected chi connectivity index (χ3v) is 3.85. The minimum atomic E-state index is -4.43. The number of para-hydroxylation sites is 1. The van der Waals surface area contributed by atoms with Crippen molar-refractivity contribution in [2.75, 3.05) is 0 Å². The second-order valence-electron chi connectivity index (χ2n) is 4.25. The van der Waals surface area contributed by atoms with Crippen LogP contribution in [0.25, 0.3) is 0 Å². The summed E-state index contributed by atoms with van der Waals surface area (Å²) in [5, 5.41) is 4.16. The van der Waals surface area contributed by atoms with Crippen LogP contribution in [0.4, 0.5) is 13.2 Å². The molecule has 0 amide bonds. The number of aryl methyl sites for hydroxylation is 2. The number of hydrogen-bond acceptors (Lipinski definition) is 2. The van der Waals surface area contributed by atoms with Crippen LogP contribution in [0.3, 0.4) is 0 Å². The molecular formula is C13H12BrF3N2O. The average Bonchev–Trinajstić information content (AvgIpc) is 2.60. The molecule has 1 aromatic heterocycles. The van der Waals surface area contributed by atoms with E-state index in [1.807, 2.05) is 0 Å². The molecular weight excluding hydrogens is 337 g/mol. The number of benzene rings is 1. The van der Waals surface area contributed by atoms with Gasteiger partial charge in [0.1, 0.15) is 12.4 Å². The molecule has 108 valence electrons. The maximum Gasteiger partial charge on any atom is 0.419 e. The standard InChI is InChI=1S/C13H12BrF3N2O/c1-8-12(14)10(19(2)18-8)7-20-11-6-4-3-5-9(11)13(15,16)17/h3-6H,7H2,1-2H3. The smallest absolute Gasteiger partial charge is 0.419 e. The van der Waals surface area contributed by atoms with E-state index in [0.717, 1.165) is 16.2 Å². The molecule has 0 aliphatic heterocycles. The molecule has 0 aliphatic rings. The van der Waals surface area contributed by atoms with Crippen LogP contribution in [0, 0.1) is 6.92 Å². The molecule has 0 saturated carbocycles. The van der Waals surface area contributed by atoms with Crippen molar-refractivity contribution in [3.8, 4) is 5.75 Å². The zero-order chi connectivity index (χ0) is 14.9. The molecule has 0 unspecified atom stereocenters. The molecule has 20 heavy (non-hydrogen) atoms. The second kappa shape index (κ2) is 5.47. The monoisotopic (exact) mass is 348 g/mol. The Hall–Kier alpha value is -1.50. The first-order chi connectivity index (χ1) is 9.30. The van der Waals surface area contributed by atoms with Crippen LogP contribution in [0.15, 0.2) is 28.7 Å². The maximum absolute atomic E-state index is 12.8. The van der Waals surface area contributed by atoms with Gasteiger partial charge in [0.05, 0.1) is 21.4 Å². The van der Waals surface area contributed by atoms with Gasteiger partial charge in [-0.15, -0.1) is 0 Å². The van der Waals surface area contributed by atoms with Crippen molar-refractivity contribution in [1.82, 2.24) is 9.78 Å². The van der Waals surface area contributed by atoms with Crippen molar-refractivity contribution in [3.05, 3.63) is 45.7 Å². The van der Waals surface area contributed by atoms with Crippen molar-refractivity contribution in [2.45, 2.75) is 19.7 Å². The number of nitrogens with zero attached hydrogens (tertiary/aromatic N) is 2. The lowest BCUT2D eigenvalue weighted by Gasteiger charge is -2.13. The van der Waals surface area contributed by atoms with E-state index in [0.29, 0.717) is 5.69 Å². The Morgan fingerprint density at radius 1 is 1.30 bits per heavy atom. The Bertz CT molecular complexity index is 623. The van der Waals surface area contributed by atoms with Gasteiger partial charge in [-0.05, 0) is 35.0 Å². The van der Waals surface area contributed by atoms with E-state index in [-0.39, 0.29) is 12.4 Å². The molecule has 0 aliphatic carbocycles. The Kier molecular flexibility index (Phi) is 4.08. The number of aromatic nitrogens is 2. The molecule has 0 fully saturated rings. The minimum Gasteiger partial charge on any atom is -0.487 e. The lowest BCUT2D eigenvalue weighted by atomic mass is 10.2. The third-order valence-electron chi connectivity index (χ3n) is 2.82. The van der Waals surface area contributed by atoms with Gasteiger partial charge >= 0.3 is 6.18 Å². The van der Waals surface area contributed by atoms with Crippen LogP contribution in [0.1, 0.15) is 17.0 Å². The van der Waals surface area contributed by atoms with Crippen LogP contribution in [0.2, 0.25) is 0 Å². The van der Waals surface area contributed by atoms with E-state index < -0.39 is 11.7 Å². The highest BCUT2D eigenvalue weighted by Gasteiger charge is 2.34. The van der Waals surface area contributed by atoms with Crippen LogP contribution >= 0.6 is 15.9 Å². The van der Waals surface area contributed by atoms with Crippen molar-refractivity contribution < 1.29 is 17.9 Å². The first kappa shape index (κ1) is 14.9. The summed E-state index contributed by atoms with van der Waals surface area (Å²) < 4.78 is 46.1. The zero-order valence-corrected chi connectivity index (χ0v) is 12.4. The molecule has 2 rings (SSSR count). The molecule has 1 aromatic carbocycles. The zero-order valence-electron chi connectivity index (χ0n) is 10.8. The van der Waals surface area contributed by atoms with Gasteiger partial charge in [-0.2, -0.15) is 18.3 Å². The fourth-order valence-corrected chi connectivity index (χ4v) is 2.26. The first-order valence-corrected chi connectivity index (χ1v) is 6.57. The Labute approximate surface area is 122 Å². The topological polar surface area (TPSA) is 27.1 Å². The molecule has 2 aromatic rings. The van der Waals surface area contributed by atoms with Crippen molar-refractivity contribution in [2.24, 2.45) is 7.05 Å². The van der Waals surface area contributed by atoms with Crippen LogP contribution in [-0.4, -0.2) is 9.78 Å². The SMILES string of the molecule is Cc1nn(C)c(COc2ccccc2C(F)(F)F)c1Br. The highest BCUT2D eigenvalue weighted by atomic mass is 79.9. The van der Waals surface area contributed by atoms with E-state index in [4.69, 9.17) is 4.74 Å². The summed E-state index contributed by atoms with van der Waals surface area (Å²) in [5.41, 5.74) is 0.657. The lowest BCUT2D eigenvalue weighted by molar-refractivity contribution is -0.139. The fourth-order valence-electron chi connectivity index (χ4n) is 1.81. The number of hydrogen-bond donors (Lipinski definition) is 0. The molecule has 0 spiro atoms. The Morgan fingerprint density at radius 2 is 1.95 bits per heavy atom. The molecule has 0 saturated heterocycles. The van der Waals surface area contributed by atoms with Gasteiger partial charge in [0, 0.05) is 7.05 Å². The quantitative estimate of drug-likeness (QED) is 0.835. The van der Waals surface area contributed by atoms with E-state index in [1.54, 1.807) is 18.7 Å². The summed E-state index contributed by atoms with van der Waals surface area (Å²) in [4.78, 5) is 0. The van der Waals surface area contributed by atoms with Gasteiger partial charge in [0.15, 0.2) is 0 Å². The predicted molar refractivity (Wildman–Crippen MR) is 71.4 cm³/mol. The van der Waals surface area contributed by atoms with Gasteiger partial charge in [0.2, 0.25) is 0 Å². The molecule has 7 heteroatoms. The van der Waals surface area contributed by atoms with Crippen LogP contribution in [-0.2, 0) is 19.8 Å². The number of rotatable bonds is 3. The molecule has 3 nitrogen and oxygen atoms in total. The summed E-state index contributed by atoms with van der Waals surface area (Å²) in [6, 6.07) is 5.15. The molecule has 0 radical (unpaired) electrons.